The summed E-state index contributed by atoms with van der Waals surface area (Å²) in [7, 11) is 0. The number of hydrogen-bond donors (Lipinski definition) is 1. The quantitative estimate of drug-likeness (QED) is 0.892. The number of hydrogen-bond acceptors (Lipinski definition) is 2. The smallest absolute Gasteiger partial charge is 0.116 e. The van der Waals surface area contributed by atoms with Gasteiger partial charge in [0, 0.05) is 18.7 Å². The van der Waals surface area contributed by atoms with Crippen molar-refractivity contribution in [1.29, 1.82) is 0 Å². The van der Waals surface area contributed by atoms with E-state index in [1.54, 1.807) is 0 Å². The minimum absolute atomic E-state index is 0.527. The lowest BCUT2D eigenvalue weighted by molar-refractivity contribution is 0.298. The molecule has 1 aliphatic carbocycles. The molecule has 1 saturated carbocycles. The Bertz CT molecular complexity index is 579. The van der Waals surface area contributed by atoms with E-state index in [1.165, 1.54) is 56.3 Å². The lowest BCUT2D eigenvalue weighted by Gasteiger charge is -2.27. The Kier molecular flexibility index (Phi) is 4.59. The van der Waals surface area contributed by atoms with Gasteiger partial charge in [-0.2, -0.15) is 0 Å². The van der Waals surface area contributed by atoms with Gasteiger partial charge in [0.15, 0.2) is 0 Å². The summed E-state index contributed by atoms with van der Waals surface area (Å²) in [6, 6.07) is 6.29. The zero-order valence-corrected chi connectivity index (χ0v) is 13.1. The number of unbranched alkanes of at least 4 members (excludes halogenated alkanes) is 1. The zero-order valence-electron chi connectivity index (χ0n) is 13.1. The molecule has 0 aliphatic heterocycles. The molecule has 0 atom stereocenters. The van der Waals surface area contributed by atoms with E-state index in [9.17, 15) is 0 Å². The fourth-order valence-corrected chi connectivity index (χ4v) is 3.77. The van der Waals surface area contributed by atoms with Crippen LogP contribution in [0.1, 0.15) is 69.3 Å². The van der Waals surface area contributed by atoms with E-state index in [4.69, 9.17) is 10.7 Å². The molecule has 21 heavy (non-hydrogen) atoms. The van der Waals surface area contributed by atoms with Crippen LogP contribution in [0.15, 0.2) is 24.4 Å². The summed E-state index contributed by atoms with van der Waals surface area (Å²) in [6.45, 7) is 2.82. The van der Waals surface area contributed by atoms with Gasteiger partial charge in [0.2, 0.25) is 0 Å². The third kappa shape index (κ3) is 2.98. The van der Waals surface area contributed by atoms with Crippen molar-refractivity contribution in [3.05, 3.63) is 35.9 Å². The molecule has 2 aromatic rings. The van der Waals surface area contributed by atoms with Crippen LogP contribution in [0.4, 0.5) is 0 Å². The van der Waals surface area contributed by atoms with Crippen LogP contribution in [0.5, 0.6) is 0 Å². The fraction of sp³-hybridized carbons (Fsp3) is 0.611. The van der Waals surface area contributed by atoms with Crippen molar-refractivity contribution in [2.45, 2.75) is 64.3 Å². The van der Waals surface area contributed by atoms with E-state index in [0.717, 1.165) is 11.6 Å². The Labute approximate surface area is 127 Å². The van der Waals surface area contributed by atoms with Crippen molar-refractivity contribution in [3.8, 4) is 0 Å². The molecule has 0 unspecified atom stereocenters. The van der Waals surface area contributed by atoms with Gasteiger partial charge in [-0.25, -0.2) is 4.98 Å². The van der Waals surface area contributed by atoms with Crippen molar-refractivity contribution >= 4 is 5.52 Å². The van der Waals surface area contributed by atoms with Crippen LogP contribution < -0.4 is 5.73 Å². The Hall–Kier alpha value is -1.35. The molecule has 1 fully saturated rings. The summed E-state index contributed by atoms with van der Waals surface area (Å²) in [5.74, 6) is 2.79. The molecule has 0 bridgehead atoms. The summed E-state index contributed by atoms with van der Waals surface area (Å²) < 4.78 is 2.26. The maximum atomic E-state index is 5.86. The SMILES string of the molecule is CCCCC1CCC(c2nc(CN)c3ccccn23)CC1. The normalized spacial score (nSPS) is 22.8. The largest absolute Gasteiger partial charge is 0.325 e. The van der Waals surface area contributed by atoms with E-state index in [0.29, 0.717) is 12.5 Å². The van der Waals surface area contributed by atoms with Crippen LogP contribution in [-0.2, 0) is 6.54 Å². The van der Waals surface area contributed by atoms with Gasteiger partial charge >= 0.3 is 0 Å². The van der Waals surface area contributed by atoms with Crippen molar-refractivity contribution in [1.82, 2.24) is 9.38 Å². The average molecular weight is 285 g/mol. The highest BCUT2D eigenvalue weighted by Crippen LogP contribution is 2.37. The summed E-state index contributed by atoms with van der Waals surface area (Å²) >= 11 is 0. The molecular weight excluding hydrogens is 258 g/mol. The third-order valence-electron chi connectivity index (χ3n) is 5.02. The van der Waals surface area contributed by atoms with Crippen LogP contribution in [0, 0.1) is 5.92 Å². The lowest BCUT2D eigenvalue weighted by Crippen LogP contribution is -2.15. The molecule has 2 N–H and O–H groups in total. The highest BCUT2D eigenvalue weighted by atomic mass is 15.0. The molecule has 1 aliphatic rings. The predicted octanol–water partition coefficient (Wildman–Crippen LogP) is 4.26. The maximum absolute atomic E-state index is 5.86. The van der Waals surface area contributed by atoms with E-state index in [1.807, 2.05) is 0 Å². The van der Waals surface area contributed by atoms with Crippen LogP contribution >= 0.6 is 0 Å². The first-order valence-electron chi connectivity index (χ1n) is 8.49. The van der Waals surface area contributed by atoms with Gasteiger partial charge in [-0.05, 0) is 43.7 Å². The van der Waals surface area contributed by atoms with E-state index in [2.05, 4.69) is 35.7 Å². The van der Waals surface area contributed by atoms with Gasteiger partial charge in [0.25, 0.3) is 0 Å². The molecule has 0 aromatic carbocycles. The monoisotopic (exact) mass is 285 g/mol. The van der Waals surface area contributed by atoms with Crippen molar-refractivity contribution in [3.63, 3.8) is 0 Å². The molecule has 114 valence electrons. The molecule has 0 radical (unpaired) electrons. The number of rotatable bonds is 5. The second kappa shape index (κ2) is 6.61. The second-order valence-corrected chi connectivity index (χ2v) is 6.44. The van der Waals surface area contributed by atoms with E-state index < -0.39 is 0 Å². The number of nitrogens with two attached hydrogens (primary N) is 1. The first kappa shape index (κ1) is 14.6. The molecule has 2 aromatic heterocycles. The number of fused-ring (bicyclic) bond motifs is 1. The van der Waals surface area contributed by atoms with E-state index in [-0.39, 0.29) is 0 Å². The Morgan fingerprint density at radius 1 is 1.24 bits per heavy atom. The molecule has 0 spiro atoms. The second-order valence-electron chi connectivity index (χ2n) is 6.44. The maximum Gasteiger partial charge on any atom is 0.116 e. The van der Waals surface area contributed by atoms with Crippen LogP contribution in [0.25, 0.3) is 5.52 Å². The van der Waals surface area contributed by atoms with Gasteiger partial charge in [-0.15, -0.1) is 0 Å². The Morgan fingerprint density at radius 2 is 2.05 bits per heavy atom. The fourth-order valence-electron chi connectivity index (χ4n) is 3.77. The minimum Gasteiger partial charge on any atom is -0.325 e. The van der Waals surface area contributed by atoms with Crippen molar-refractivity contribution in [2.24, 2.45) is 11.7 Å². The van der Waals surface area contributed by atoms with Gasteiger partial charge in [0.05, 0.1) is 11.2 Å². The summed E-state index contributed by atoms with van der Waals surface area (Å²) in [4.78, 5) is 4.86. The average Bonchev–Trinajstić information content (AvgIpc) is 2.92. The van der Waals surface area contributed by atoms with Crippen LogP contribution in [0.3, 0.4) is 0 Å². The number of pyridine rings is 1. The Morgan fingerprint density at radius 3 is 2.76 bits per heavy atom. The Balaban J connectivity index is 1.76. The van der Waals surface area contributed by atoms with Crippen molar-refractivity contribution in [2.75, 3.05) is 0 Å². The number of nitrogens with zero attached hydrogens (tertiary/aromatic N) is 2. The highest BCUT2D eigenvalue weighted by molar-refractivity contribution is 5.53. The predicted molar refractivity (Wildman–Crippen MR) is 87.3 cm³/mol. The molecule has 3 nitrogen and oxygen atoms in total. The standard InChI is InChI=1S/C18H27N3/c1-2-3-6-14-8-10-15(11-9-14)18-20-16(13-19)17-7-4-5-12-21(17)18/h4-5,7,12,14-15H,2-3,6,8-11,13,19H2,1H3. The lowest BCUT2D eigenvalue weighted by atomic mass is 9.79. The number of aromatic nitrogens is 2. The minimum atomic E-state index is 0.527. The molecule has 3 rings (SSSR count). The highest BCUT2D eigenvalue weighted by Gasteiger charge is 2.25. The summed E-state index contributed by atoms with van der Waals surface area (Å²) in [5, 5.41) is 0. The first-order valence-corrected chi connectivity index (χ1v) is 8.49. The van der Waals surface area contributed by atoms with Crippen molar-refractivity contribution < 1.29 is 0 Å². The number of imidazole rings is 1. The van der Waals surface area contributed by atoms with Gasteiger partial charge in [-0.1, -0.05) is 32.3 Å². The first-order chi connectivity index (χ1) is 10.3. The molecule has 0 amide bonds. The molecular formula is C18H27N3. The topological polar surface area (TPSA) is 43.3 Å². The molecule has 3 heteroatoms. The zero-order chi connectivity index (χ0) is 14.7. The van der Waals surface area contributed by atoms with Crippen LogP contribution in [-0.4, -0.2) is 9.38 Å². The molecule has 0 saturated heterocycles. The summed E-state index contributed by atoms with van der Waals surface area (Å²) in [6.07, 6.45) is 11.6. The summed E-state index contributed by atoms with van der Waals surface area (Å²) in [5.41, 5.74) is 8.08. The third-order valence-corrected chi connectivity index (χ3v) is 5.02. The van der Waals surface area contributed by atoms with Crippen LogP contribution in [0.2, 0.25) is 0 Å². The van der Waals surface area contributed by atoms with Gasteiger partial charge in [0.1, 0.15) is 5.82 Å². The van der Waals surface area contributed by atoms with Gasteiger partial charge in [-0.3, -0.25) is 0 Å². The van der Waals surface area contributed by atoms with E-state index >= 15 is 0 Å². The van der Waals surface area contributed by atoms with Gasteiger partial charge < -0.3 is 10.1 Å². The molecule has 2 heterocycles.